The van der Waals surface area contributed by atoms with Gasteiger partial charge in [0.15, 0.2) is 0 Å². The van der Waals surface area contributed by atoms with Crippen molar-refractivity contribution in [3.8, 4) is 23.0 Å². The van der Waals surface area contributed by atoms with E-state index < -0.39 is 0 Å². The van der Waals surface area contributed by atoms with E-state index in [0.29, 0.717) is 24.2 Å². The van der Waals surface area contributed by atoms with Crippen LogP contribution < -0.4 is 0 Å². The van der Waals surface area contributed by atoms with Crippen LogP contribution in [-0.4, -0.2) is 56.4 Å². The molecule has 0 amide bonds. The first-order chi connectivity index (χ1) is 28.7. The smallest absolute Gasteiger partial charge is 0.124 e. The number of hydrogen-bond donors (Lipinski definition) is 4. The molecule has 6 aromatic carbocycles. The van der Waals surface area contributed by atoms with Crippen LogP contribution in [0.25, 0.3) is 0 Å². The van der Waals surface area contributed by atoms with Crippen molar-refractivity contribution in [2.75, 3.05) is 13.1 Å². The topological polar surface area (TPSA) is 130 Å². The van der Waals surface area contributed by atoms with Crippen molar-refractivity contribution >= 4 is 22.8 Å². The Bertz CT molecular complexity index is 2360. The minimum Gasteiger partial charge on any atom is -0.507 e. The van der Waals surface area contributed by atoms with E-state index in [0.717, 1.165) is 67.4 Å². The maximum absolute atomic E-state index is 10.6. The molecule has 10 heteroatoms. The fraction of sp³-hybridized carbons (Fsp3) is 0.231. The number of aryl methyl sites for hydroxylation is 4. The van der Waals surface area contributed by atoms with Crippen LogP contribution in [0.4, 0.5) is 0 Å². The molecule has 8 nitrogen and oxygen atoms in total. The normalized spacial score (nSPS) is 12.9. The summed E-state index contributed by atoms with van der Waals surface area (Å²) in [7, 11) is 0. The number of benzene rings is 6. The summed E-state index contributed by atoms with van der Waals surface area (Å²) in [4.78, 5) is 19.3. The summed E-state index contributed by atoms with van der Waals surface area (Å²) in [6.07, 6.45) is 0. The van der Waals surface area contributed by atoms with Crippen molar-refractivity contribution in [2.24, 2.45) is 20.0 Å². The van der Waals surface area contributed by atoms with Crippen LogP contribution in [0, 0.1) is 27.7 Å². The standard InChI is InChI=1S/C32H32N2O2.C20H24N2O2.2Pt/c1-21-15-17-27(29(35)19-21)23(3)33-31(25-11-7-5-8-12-25)32(26-13-9-6-10-14-26)34-24(4)28-18-16-22(2)20-30(28)36;1-13-5-7-17(19(23)11-13)15(3)21-9-10-22-16(4)18-8-6-14(2)12-20(18)24;;/h5-20,31-32,35-36H,1-4H3;5-8,11-12,23-24H,9-10H2,1-4H3;;. The first-order valence-corrected chi connectivity index (χ1v) is 20.1. The number of nitrogens with zero attached hydrogens (tertiary/aromatic N) is 4. The van der Waals surface area contributed by atoms with Gasteiger partial charge in [0.2, 0.25) is 0 Å². The van der Waals surface area contributed by atoms with Crippen LogP contribution in [0.3, 0.4) is 0 Å². The van der Waals surface area contributed by atoms with Gasteiger partial charge >= 0.3 is 0 Å². The number of phenols is 4. The van der Waals surface area contributed by atoms with Crippen molar-refractivity contribution in [1.29, 1.82) is 0 Å². The van der Waals surface area contributed by atoms with E-state index in [-0.39, 0.29) is 77.2 Å². The molecule has 6 rings (SSSR count). The van der Waals surface area contributed by atoms with E-state index >= 15 is 0 Å². The van der Waals surface area contributed by atoms with Crippen LogP contribution in [0.2, 0.25) is 0 Å². The molecule has 4 N–H and O–H groups in total. The van der Waals surface area contributed by atoms with Crippen molar-refractivity contribution in [3.63, 3.8) is 0 Å². The Kier molecular flexibility index (Phi) is 19.9. The van der Waals surface area contributed by atoms with Gasteiger partial charge in [-0.15, -0.1) is 0 Å². The first-order valence-electron chi connectivity index (χ1n) is 20.1. The van der Waals surface area contributed by atoms with Gasteiger partial charge in [-0.2, -0.15) is 0 Å². The van der Waals surface area contributed by atoms with Gasteiger partial charge in [0, 0.05) is 87.2 Å². The molecule has 0 fully saturated rings. The van der Waals surface area contributed by atoms with E-state index in [2.05, 4.69) is 34.3 Å². The van der Waals surface area contributed by atoms with Crippen LogP contribution in [0.1, 0.15) is 95.4 Å². The van der Waals surface area contributed by atoms with Crippen molar-refractivity contribution in [3.05, 3.63) is 189 Å². The molecule has 62 heavy (non-hydrogen) atoms. The molecular weight excluding hydrogens is 1130 g/mol. The molecule has 2 unspecified atom stereocenters. The largest absolute Gasteiger partial charge is 0.507 e. The Hall–Kier alpha value is -5.42. The molecule has 0 aliphatic heterocycles. The summed E-state index contributed by atoms with van der Waals surface area (Å²) in [5.41, 5.74) is 12.0. The first kappa shape index (κ1) is 50.9. The van der Waals surface area contributed by atoms with Crippen LogP contribution in [0.15, 0.2) is 153 Å². The second kappa shape index (κ2) is 24.3. The van der Waals surface area contributed by atoms with Crippen LogP contribution in [0.5, 0.6) is 23.0 Å². The van der Waals surface area contributed by atoms with Gasteiger partial charge in [-0.05, 0) is 137 Å². The quantitative estimate of drug-likeness (QED) is 0.0718. The van der Waals surface area contributed by atoms with E-state index in [1.54, 1.807) is 24.3 Å². The second-order valence-electron chi connectivity index (χ2n) is 15.2. The predicted molar refractivity (Wildman–Crippen MR) is 248 cm³/mol. The molecule has 0 heterocycles. The number of phenolic OH excluding ortho intramolecular Hbond substituents is 4. The Morgan fingerprint density at radius 1 is 0.387 bits per heavy atom. The molecule has 0 aliphatic rings. The minimum atomic E-state index is -0.350. The number of rotatable bonds is 12. The van der Waals surface area contributed by atoms with Crippen molar-refractivity contribution < 1.29 is 62.6 Å². The average molecular weight is 1190 g/mol. The predicted octanol–water partition coefficient (Wildman–Crippen LogP) is 11.5. The van der Waals surface area contributed by atoms with Crippen LogP contribution in [-0.2, 0) is 42.1 Å². The Morgan fingerprint density at radius 3 is 0.903 bits per heavy atom. The summed E-state index contributed by atoms with van der Waals surface area (Å²) in [5, 5.41) is 41.2. The molecule has 0 aromatic heterocycles. The number of aromatic hydroxyl groups is 4. The average Bonchev–Trinajstić information content (AvgIpc) is 3.21. The Labute approximate surface area is 395 Å². The fourth-order valence-corrected chi connectivity index (χ4v) is 6.91. The summed E-state index contributed by atoms with van der Waals surface area (Å²) >= 11 is 0. The van der Waals surface area contributed by atoms with Gasteiger partial charge in [-0.3, -0.25) is 20.0 Å². The van der Waals surface area contributed by atoms with Gasteiger partial charge in [0.05, 0.1) is 13.1 Å². The summed E-state index contributed by atoms with van der Waals surface area (Å²) < 4.78 is 0. The van der Waals surface area contributed by atoms with E-state index in [9.17, 15) is 20.4 Å². The van der Waals surface area contributed by atoms with E-state index in [1.165, 1.54) is 0 Å². The maximum atomic E-state index is 10.6. The van der Waals surface area contributed by atoms with Crippen molar-refractivity contribution in [2.45, 2.75) is 67.5 Å². The zero-order chi connectivity index (χ0) is 43.3. The van der Waals surface area contributed by atoms with E-state index in [1.807, 2.05) is 140 Å². The Balaban J connectivity index is 0.000000345. The van der Waals surface area contributed by atoms with E-state index in [4.69, 9.17) is 9.98 Å². The molecule has 0 bridgehead atoms. The van der Waals surface area contributed by atoms with Gasteiger partial charge in [0.1, 0.15) is 35.1 Å². The summed E-state index contributed by atoms with van der Waals surface area (Å²) in [5.74, 6) is 0.924. The summed E-state index contributed by atoms with van der Waals surface area (Å²) in [6.45, 7) is 16.4. The van der Waals surface area contributed by atoms with Crippen molar-refractivity contribution in [1.82, 2.24) is 0 Å². The molecule has 0 saturated carbocycles. The van der Waals surface area contributed by atoms with Crippen LogP contribution >= 0.6 is 0 Å². The molecule has 6 aromatic rings. The minimum absolute atomic E-state index is 0. The summed E-state index contributed by atoms with van der Waals surface area (Å²) in [6, 6.07) is 41.9. The van der Waals surface area contributed by atoms with Gasteiger partial charge in [-0.25, -0.2) is 0 Å². The third-order valence-electron chi connectivity index (χ3n) is 10.2. The van der Waals surface area contributed by atoms with Gasteiger partial charge in [-0.1, -0.05) is 84.9 Å². The molecule has 0 radical (unpaired) electrons. The zero-order valence-electron chi connectivity index (χ0n) is 36.5. The molecule has 0 aliphatic carbocycles. The molecule has 0 saturated heterocycles. The fourth-order valence-electron chi connectivity index (χ4n) is 6.91. The van der Waals surface area contributed by atoms with Gasteiger partial charge < -0.3 is 20.4 Å². The Morgan fingerprint density at radius 2 is 0.645 bits per heavy atom. The molecule has 2 atom stereocenters. The monoisotopic (exact) mass is 1190 g/mol. The molecular formula is C52H56N4O4Pt2. The third kappa shape index (κ3) is 14.1. The second-order valence-corrected chi connectivity index (χ2v) is 15.2. The third-order valence-corrected chi connectivity index (χ3v) is 10.2. The van der Waals surface area contributed by atoms with Gasteiger partial charge in [0.25, 0.3) is 0 Å². The maximum Gasteiger partial charge on any atom is 0.124 e. The SMILES string of the molecule is CC(=NC(c1ccccc1)C(N=C(C)c1ccc(C)cc1O)c1ccccc1)c1ccc(C)cc1O.CC(=NCCN=C(C)c1ccc(C)cc1O)c1ccc(C)cc1O.[Pt].[Pt]. The zero-order valence-corrected chi connectivity index (χ0v) is 41.0. The molecule has 0 spiro atoms. The number of hydrogen-bond acceptors (Lipinski definition) is 8. The molecule has 328 valence electrons. The number of aliphatic imine (C=N–C) groups is 4.